The van der Waals surface area contributed by atoms with Crippen molar-refractivity contribution in [3.05, 3.63) is 59.3 Å². The summed E-state index contributed by atoms with van der Waals surface area (Å²) in [6.07, 6.45) is 1.48. The fourth-order valence-electron chi connectivity index (χ4n) is 1.91. The number of halogens is 1. The van der Waals surface area contributed by atoms with Crippen molar-refractivity contribution in [1.82, 2.24) is 20.2 Å². The molecule has 2 aromatic carbocycles. The molecule has 8 heteroatoms. The highest BCUT2D eigenvalue weighted by Gasteiger charge is 2.06. The second kappa shape index (κ2) is 7.01. The highest BCUT2D eigenvalue weighted by molar-refractivity contribution is 9.10. The van der Waals surface area contributed by atoms with E-state index >= 15 is 0 Å². The number of nitrogens with one attached hydrogen (secondary N) is 1. The van der Waals surface area contributed by atoms with Gasteiger partial charge in [-0.1, -0.05) is 28.1 Å². The van der Waals surface area contributed by atoms with Gasteiger partial charge in [-0.25, -0.2) is 4.68 Å². The average Bonchev–Trinajstić information content (AvgIpc) is 3.08. The maximum Gasteiger partial charge on any atom is 0.262 e. The molecule has 0 atom stereocenters. The highest BCUT2D eigenvalue weighted by atomic mass is 79.9. The number of benzene rings is 2. The minimum absolute atomic E-state index is 0.0778. The van der Waals surface area contributed by atoms with Gasteiger partial charge in [-0.2, -0.15) is 0 Å². The Hall–Kier alpha value is -2.74. The zero-order valence-corrected chi connectivity index (χ0v) is 13.5. The summed E-state index contributed by atoms with van der Waals surface area (Å²) in [5.74, 6) is 0.371. The molecule has 3 rings (SSSR count). The van der Waals surface area contributed by atoms with E-state index in [0.717, 1.165) is 10.2 Å². The summed E-state index contributed by atoms with van der Waals surface area (Å²) in [5.41, 5.74) is 1.39. The molecule has 3 aromatic rings. The van der Waals surface area contributed by atoms with Crippen LogP contribution in [0.1, 0.15) is 0 Å². The number of hydrogen-bond donors (Lipinski definition) is 1. The molecule has 1 N–H and O–H groups in total. The van der Waals surface area contributed by atoms with Crippen LogP contribution in [0.4, 0.5) is 5.69 Å². The Kier molecular flexibility index (Phi) is 4.62. The van der Waals surface area contributed by atoms with Gasteiger partial charge in [-0.15, -0.1) is 5.10 Å². The first-order valence-electron chi connectivity index (χ1n) is 6.72. The lowest BCUT2D eigenvalue weighted by Gasteiger charge is -2.09. The third-order valence-electron chi connectivity index (χ3n) is 2.91. The van der Waals surface area contributed by atoms with Gasteiger partial charge in [0, 0.05) is 10.2 Å². The van der Waals surface area contributed by atoms with E-state index in [-0.39, 0.29) is 12.5 Å². The van der Waals surface area contributed by atoms with Crippen molar-refractivity contribution in [1.29, 1.82) is 0 Å². The van der Waals surface area contributed by atoms with Crippen LogP contribution < -0.4 is 10.1 Å². The fourth-order valence-corrected chi connectivity index (χ4v) is 2.29. The summed E-state index contributed by atoms with van der Waals surface area (Å²) in [7, 11) is 0. The fraction of sp³-hybridized carbons (Fsp3) is 0.0667. The van der Waals surface area contributed by atoms with Crippen LogP contribution >= 0.6 is 15.9 Å². The van der Waals surface area contributed by atoms with E-state index in [1.807, 2.05) is 24.3 Å². The molecule has 1 amide bonds. The number of anilines is 1. The molecular weight excluding hydrogens is 362 g/mol. The number of carbonyl (C=O) groups excluding carboxylic acids is 1. The lowest BCUT2D eigenvalue weighted by molar-refractivity contribution is -0.118. The normalized spacial score (nSPS) is 10.3. The van der Waals surface area contributed by atoms with Crippen molar-refractivity contribution in [2.45, 2.75) is 0 Å². The number of rotatable bonds is 5. The van der Waals surface area contributed by atoms with Crippen molar-refractivity contribution < 1.29 is 9.53 Å². The Labute approximate surface area is 140 Å². The van der Waals surface area contributed by atoms with E-state index in [9.17, 15) is 4.79 Å². The molecule has 0 spiro atoms. The molecular formula is C15H12BrN5O2. The zero-order chi connectivity index (χ0) is 16.1. The first kappa shape index (κ1) is 15.2. The number of nitrogens with zero attached hydrogens (tertiary/aromatic N) is 4. The van der Waals surface area contributed by atoms with E-state index < -0.39 is 0 Å². The molecule has 0 aliphatic heterocycles. The number of amides is 1. The molecule has 0 saturated carbocycles. The van der Waals surface area contributed by atoms with Gasteiger partial charge in [0.2, 0.25) is 0 Å². The van der Waals surface area contributed by atoms with Crippen LogP contribution in [0, 0.1) is 0 Å². The minimum atomic E-state index is -0.251. The van der Waals surface area contributed by atoms with Crippen molar-refractivity contribution in [2.75, 3.05) is 11.9 Å². The number of ether oxygens (including phenoxy) is 1. The standard InChI is InChI=1S/C15H12BrN5O2/c16-11-3-1-6-14(7-11)23-9-15(22)18-12-4-2-5-13(8-12)21-10-17-19-20-21/h1-8,10H,9H2,(H,18,22). The summed E-state index contributed by atoms with van der Waals surface area (Å²) < 4.78 is 7.84. The molecule has 1 aromatic heterocycles. The van der Waals surface area contributed by atoms with Crippen LogP contribution in [0.5, 0.6) is 5.75 Å². The van der Waals surface area contributed by atoms with Gasteiger partial charge in [0.25, 0.3) is 5.91 Å². The average molecular weight is 374 g/mol. The Morgan fingerprint density at radius 3 is 2.87 bits per heavy atom. The van der Waals surface area contributed by atoms with E-state index in [1.54, 1.807) is 24.3 Å². The van der Waals surface area contributed by atoms with Gasteiger partial charge in [-0.3, -0.25) is 4.79 Å². The lowest BCUT2D eigenvalue weighted by atomic mass is 10.3. The summed E-state index contributed by atoms with van der Waals surface area (Å²) in [6.45, 7) is -0.0778. The van der Waals surface area contributed by atoms with Gasteiger partial charge in [0.15, 0.2) is 6.61 Å². The molecule has 0 radical (unpaired) electrons. The van der Waals surface area contributed by atoms with Crippen LogP contribution in [-0.4, -0.2) is 32.7 Å². The molecule has 0 aliphatic rings. The second-order valence-electron chi connectivity index (χ2n) is 4.60. The van der Waals surface area contributed by atoms with E-state index in [2.05, 4.69) is 36.8 Å². The number of hydrogen-bond acceptors (Lipinski definition) is 5. The Bertz CT molecular complexity index is 807. The summed E-state index contributed by atoms with van der Waals surface area (Å²) in [6, 6.07) is 14.5. The van der Waals surface area contributed by atoms with E-state index in [4.69, 9.17) is 4.74 Å². The predicted molar refractivity (Wildman–Crippen MR) is 87.4 cm³/mol. The second-order valence-corrected chi connectivity index (χ2v) is 5.51. The monoisotopic (exact) mass is 373 g/mol. The molecule has 7 nitrogen and oxygen atoms in total. The van der Waals surface area contributed by atoms with Crippen molar-refractivity contribution in [2.24, 2.45) is 0 Å². The smallest absolute Gasteiger partial charge is 0.262 e. The topological polar surface area (TPSA) is 81.9 Å². The van der Waals surface area contributed by atoms with Crippen LogP contribution in [0.25, 0.3) is 5.69 Å². The van der Waals surface area contributed by atoms with Crippen LogP contribution in [-0.2, 0) is 4.79 Å². The molecule has 0 unspecified atom stereocenters. The summed E-state index contributed by atoms with van der Waals surface area (Å²) >= 11 is 3.35. The molecule has 0 fully saturated rings. The molecule has 0 aliphatic carbocycles. The quantitative estimate of drug-likeness (QED) is 0.742. The SMILES string of the molecule is O=C(COc1cccc(Br)c1)Nc1cccc(-n2cnnn2)c1. The molecule has 0 bridgehead atoms. The third kappa shape index (κ3) is 4.13. The van der Waals surface area contributed by atoms with Gasteiger partial charge >= 0.3 is 0 Å². The number of aromatic nitrogens is 4. The van der Waals surface area contributed by atoms with Crippen molar-refractivity contribution in [3.63, 3.8) is 0 Å². The van der Waals surface area contributed by atoms with E-state index in [0.29, 0.717) is 11.4 Å². The maximum atomic E-state index is 12.0. The minimum Gasteiger partial charge on any atom is -0.484 e. The molecule has 1 heterocycles. The summed E-state index contributed by atoms with van der Waals surface area (Å²) in [4.78, 5) is 12.0. The molecule has 23 heavy (non-hydrogen) atoms. The lowest BCUT2D eigenvalue weighted by Crippen LogP contribution is -2.20. The Morgan fingerprint density at radius 1 is 1.22 bits per heavy atom. The van der Waals surface area contributed by atoms with Crippen molar-refractivity contribution in [3.8, 4) is 11.4 Å². The number of tetrazole rings is 1. The van der Waals surface area contributed by atoms with Crippen LogP contribution in [0.15, 0.2) is 59.3 Å². The molecule has 0 saturated heterocycles. The van der Waals surface area contributed by atoms with Gasteiger partial charge in [0.05, 0.1) is 5.69 Å². The zero-order valence-electron chi connectivity index (χ0n) is 11.9. The highest BCUT2D eigenvalue weighted by Crippen LogP contribution is 2.18. The molecule has 116 valence electrons. The van der Waals surface area contributed by atoms with Crippen LogP contribution in [0.2, 0.25) is 0 Å². The van der Waals surface area contributed by atoms with Crippen LogP contribution in [0.3, 0.4) is 0 Å². The van der Waals surface area contributed by atoms with Gasteiger partial charge in [-0.05, 0) is 46.8 Å². The Balaban J connectivity index is 1.61. The predicted octanol–water partition coefficient (Wildman–Crippen LogP) is 2.44. The number of carbonyl (C=O) groups is 1. The van der Waals surface area contributed by atoms with Gasteiger partial charge in [0.1, 0.15) is 12.1 Å². The Morgan fingerprint density at radius 2 is 2.09 bits per heavy atom. The maximum absolute atomic E-state index is 12.0. The third-order valence-corrected chi connectivity index (χ3v) is 3.40. The van der Waals surface area contributed by atoms with E-state index in [1.165, 1.54) is 11.0 Å². The first-order chi connectivity index (χ1) is 11.2. The first-order valence-corrected chi connectivity index (χ1v) is 7.52. The van der Waals surface area contributed by atoms with Crippen molar-refractivity contribution >= 4 is 27.5 Å². The van der Waals surface area contributed by atoms with Gasteiger partial charge < -0.3 is 10.1 Å². The largest absolute Gasteiger partial charge is 0.484 e. The summed E-state index contributed by atoms with van der Waals surface area (Å²) in [5, 5.41) is 13.7.